The number of likely N-dealkylation sites (tertiary alicyclic amines) is 1. The molecular formula is C22H30N2O3. The van der Waals surface area contributed by atoms with E-state index in [1.54, 1.807) is 13.4 Å². The fourth-order valence-electron chi connectivity index (χ4n) is 3.71. The van der Waals surface area contributed by atoms with Gasteiger partial charge in [-0.05, 0) is 55.2 Å². The summed E-state index contributed by atoms with van der Waals surface area (Å²) in [5, 5.41) is 0. The average molecular weight is 370 g/mol. The molecule has 0 unspecified atom stereocenters. The number of anilines is 1. The molecule has 1 aromatic heterocycles. The normalized spacial score (nSPS) is 15.9. The number of benzene rings is 1. The van der Waals surface area contributed by atoms with E-state index in [1.807, 2.05) is 41.3 Å². The average Bonchev–Trinajstić information content (AvgIpc) is 3.16. The highest BCUT2D eigenvalue weighted by Gasteiger charge is 2.29. The van der Waals surface area contributed by atoms with Gasteiger partial charge in [-0.3, -0.25) is 9.69 Å². The lowest BCUT2D eigenvalue weighted by molar-refractivity contribution is -0.120. The summed E-state index contributed by atoms with van der Waals surface area (Å²) in [7, 11) is 1.66. The van der Waals surface area contributed by atoms with Gasteiger partial charge in [0.25, 0.3) is 0 Å². The number of methoxy groups -OCH3 is 1. The van der Waals surface area contributed by atoms with Gasteiger partial charge in [-0.25, -0.2) is 0 Å². The van der Waals surface area contributed by atoms with E-state index >= 15 is 0 Å². The van der Waals surface area contributed by atoms with Crippen molar-refractivity contribution < 1.29 is 13.9 Å². The third-order valence-corrected chi connectivity index (χ3v) is 5.08. The minimum absolute atomic E-state index is 0.208. The van der Waals surface area contributed by atoms with E-state index in [1.165, 1.54) is 0 Å². The minimum Gasteiger partial charge on any atom is -0.497 e. The standard InChI is InChI=1S/C22H30N2O3/c1-17(2)15-22(25)24(18-6-8-20(26-3)9-7-18)19-10-12-23(13-11-19)16-21-5-4-14-27-21/h4-9,14,17,19H,10-13,15-16H2,1-3H3. The summed E-state index contributed by atoms with van der Waals surface area (Å²) in [6, 6.07) is 12.0. The van der Waals surface area contributed by atoms with Crippen molar-refractivity contribution in [2.24, 2.45) is 5.92 Å². The maximum absolute atomic E-state index is 13.0. The number of carbonyl (C=O) groups is 1. The monoisotopic (exact) mass is 370 g/mol. The zero-order valence-corrected chi connectivity index (χ0v) is 16.6. The molecule has 2 heterocycles. The second kappa shape index (κ2) is 9.09. The molecule has 1 aliphatic heterocycles. The summed E-state index contributed by atoms with van der Waals surface area (Å²) in [5.41, 5.74) is 0.964. The second-order valence-electron chi connectivity index (χ2n) is 7.65. The Balaban J connectivity index is 1.69. The molecule has 27 heavy (non-hydrogen) atoms. The van der Waals surface area contributed by atoms with Gasteiger partial charge in [-0.1, -0.05) is 13.8 Å². The lowest BCUT2D eigenvalue weighted by Crippen LogP contribution is -2.47. The largest absolute Gasteiger partial charge is 0.497 e. The van der Waals surface area contributed by atoms with E-state index in [0.29, 0.717) is 12.3 Å². The Hall–Kier alpha value is -2.27. The zero-order chi connectivity index (χ0) is 19.2. The van der Waals surface area contributed by atoms with E-state index < -0.39 is 0 Å². The number of rotatable bonds is 7. The SMILES string of the molecule is COc1ccc(N(C(=O)CC(C)C)C2CCN(Cc3ccco3)CC2)cc1. The number of hydrogen-bond acceptors (Lipinski definition) is 4. The number of piperidine rings is 1. The Morgan fingerprint density at radius 2 is 1.93 bits per heavy atom. The second-order valence-corrected chi connectivity index (χ2v) is 7.65. The molecule has 2 aromatic rings. The van der Waals surface area contributed by atoms with Gasteiger partial charge in [0.1, 0.15) is 11.5 Å². The van der Waals surface area contributed by atoms with Crippen molar-refractivity contribution in [3.8, 4) is 5.75 Å². The summed E-state index contributed by atoms with van der Waals surface area (Å²) in [4.78, 5) is 17.4. The third kappa shape index (κ3) is 5.13. The molecule has 5 heteroatoms. The molecule has 0 spiro atoms. The summed E-state index contributed by atoms with van der Waals surface area (Å²) in [6.45, 7) is 6.95. The minimum atomic E-state index is 0.208. The Bertz CT molecular complexity index is 702. The molecule has 0 saturated carbocycles. The quantitative estimate of drug-likeness (QED) is 0.728. The van der Waals surface area contributed by atoms with Crippen LogP contribution in [0.5, 0.6) is 5.75 Å². The van der Waals surface area contributed by atoms with Crippen molar-refractivity contribution in [3.05, 3.63) is 48.4 Å². The molecule has 1 amide bonds. The Labute approximate surface area is 161 Å². The highest BCUT2D eigenvalue weighted by atomic mass is 16.5. The third-order valence-electron chi connectivity index (χ3n) is 5.08. The molecule has 146 valence electrons. The Kier molecular flexibility index (Phi) is 6.56. The van der Waals surface area contributed by atoms with E-state index in [0.717, 1.165) is 49.7 Å². The fraction of sp³-hybridized carbons (Fsp3) is 0.500. The summed E-state index contributed by atoms with van der Waals surface area (Å²) in [5.74, 6) is 2.36. The number of carbonyl (C=O) groups excluding carboxylic acids is 1. The van der Waals surface area contributed by atoms with Crippen LogP contribution in [-0.4, -0.2) is 37.0 Å². The molecule has 1 fully saturated rings. The molecule has 0 bridgehead atoms. The molecule has 1 saturated heterocycles. The van der Waals surface area contributed by atoms with Crippen LogP contribution in [0.4, 0.5) is 5.69 Å². The molecule has 0 radical (unpaired) electrons. The van der Waals surface area contributed by atoms with Gasteiger partial charge in [0.05, 0.1) is 19.9 Å². The molecule has 1 aromatic carbocycles. The molecule has 0 aliphatic carbocycles. The van der Waals surface area contributed by atoms with E-state index in [4.69, 9.17) is 9.15 Å². The van der Waals surface area contributed by atoms with Crippen LogP contribution in [0, 0.1) is 5.92 Å². The lowest BCUT2D eigenvalue weighted by Gasteiger charge is -2.38. The first kappa shape index (κ1) is 19.5. The first-order valence-corrected chi connectivity index (χ1v) is 9.77. The Morgan fingerprint density at radius 3 is 2.48 bits per heavy atom. The van der Waals surface area contributed by atoms with Crippen LogP contribution < -0.4 is 9.64 Å². The van der Waals surface area contributed by atoms with Crippen molar-refractivity contribution in [1.29, 1.82) is 0 Å². The van der Waals surface area contributed by atoms with Crippen LogP contribution in [0.2, 0.25) is 0 Å². The van der Waals surface area contributed by atoms with Crippen LogP contribution in [0.1, 0.15) is 38.9 Å². The molecule has 3 rings (SSSR count). The molecule has 1 aliphatic rings. The lowest BCUT2D eigenvalue weighted by atomic mass is 10.00. The highest BCUT2D eigenvalue weighted by molar-refractivity contribution is 5.94. The predicted molar refractivity (Wildman–Crippen MR) is 107 cm³/mol. The van der Waals surface area contributed by atoms with Gasteiger partial charge in [0.15, 0.2) is 0 Å². The number of amides is 1. The van der Waals surface area contributed by atoms with E-state index in [2.05, 4.69) is 18.7 Å². The maximum Gasteiger partial charge on any atom is 0.227 e. The van der Waals surface area contributed by atoms with Crippen molar-refractivity contribution in [2.45, 2.75) is 45.7 Å². The van der Waals surface area contributed by atoms with Crippen molar-refractivity contribution in [1.82, 2.24) is 4.90 Å². The highest BCUT2D eigenvalue weighted by Crippen LogP contribution is 2.28. The van der Waals surface area contributed by atoms with Gasteiger partial charge >= 0.3 is 0 Å². The maximum atomic E-state index is 13.0. The van der Waals surface area contributed by atoms with Gasteiger partial charge in [-0.15, -0.1) is 0 Å². The van der Waals surface area contributed by atoms with Gasteiger partial charge in [0.2, 0.25) is 5.91 Å². The summed E-state index contributed by atoms with van der Waals surface area (Å²) < 4.78 is 10.7. The number of hydrogen-bond donors (Lipinski definition) is 0. The van der Waals surface area contributed by atoms with Crippen LogP contribution >= 0.6 is 0 Å². The van der Waals surface area contributed by atoms with Gasteiger partial charge in [0, 0.05) is 31.2 Å². The summed E-state index contributed by atoms with van der Waals surface area (Å²) >= 11 is 0. The molecular weight excluding hydrogens is 340 g/mol. The first-order valence-electron chi connectivity index (χ1n) is 9.77. The number of ether oxygens (including phenoxy) is 1. The number of nitrogens with zero attached hydrogens (tertiary/aromatic N) is 2. The Morgan fingerprint density at radius 1 is 1.22 bits per heavy atom. The molecule has 0 atom stereocenters. The van der Waals surface area contributed by atoms with Crippen molar-refractivity contribution in [3.63, 3.8) is 0 Å². The van der Waals surface area contributed by atoms with E-state index in [9.17, 15) is 4.79 Å². The van der Waals surface area contributed by atoms with Gasteiger partial charge in [-0.2, -0.15) is 0 Å². The molecule has 0 N–H and O–H groups in total. The topological polar surface area (TPSA) is 45.9 Å². The van der Waals surface area contributed by atoms with Crippen LogP contribution in [-0.2, 0) is 11.3 Å². The first-order chi connectivity index (χ1) is 13.1. The predicted octanol–water partition coefficient (Wildman–Crippen LogP) is 4.33. The van der Waals surface area contributed by atoms with Crippen LogP contribution in [0.25, 0.3) is 0 Å². The van der Waals surface area contributed by atoms with Crippen molar-refractivity contribution in [2.75, 3.05) is 25.1 Å². The number of furan rings is 1. The van der Waals surface area contributed by atoms with E-state index in [-0.39, 0.29) is 11.9 Å². The molecule has 5 nitrogen and oxygen atoms in total. The van der Waals surface area contributed by atoms with Crippen LogP contribution in [0.3, 0.4) is 0 Å². The van der Waals surface area contributed by atoms with Gasteiger partial charge < -0.3 is 14.1 Å². The zero-order valence-electron chi connectivity index (χ0n) is 16.6. The summed E-state index contributed by atoms with van der Waals surface area (Å²) in [6.07, 6.45) is 4.23. The van der Waals surface area contributed by atoms with Crippen LogP contribution in [0.15, 0.2) is 47.1 Å². The fourth-order valence-corrected chi connectivity index (χ4v) is 3.71. The smallest absolute Gasteiger partial charge is 0.227 e. The van der Waals surface area contributed by atoms with Crippen molar-refractivity contribution >= 4 is 11.6 Å².